The maximum absolute atomic E-state index is 13.7. The number of rotatable bonds is 7. The summed E-state index contributed by atoms with van der Waals surface area (Å²) in [5, 5.41) is 15.2. The normalized spacial score (nSPS) is 16.8. The molecule has 1 saturated heterocycles. The van der Waals surface area contributed by atoms with E-state index in [0.29, 0.717) is 41.4 Å². The predicted molar refractivity (Wildman–Crippen MR) is 157 cm³/mol. The van der Waals surface area contributed by atoms with Crippen LogP contribution in [0.3, 0.4) is 0 Å². The van der Waals surface area contributed by atoms with Crippen molar-refractivity contribution in [2.45, 2.75) is 38.8 Å². The Morgan fingerprint density at radius 3 is 2.68 bits per heavy atom. The minimum absolute atomic E-state index is 0.0964. The molecule has 1 aliphatic rings. The third-order valence-corrected chi connectivity index (χ3v) is 8.08. The Morgan fingerprint density at radius 2 is 1.95 bits per heavy atom. The van der Waals surface area contributed by atoms with Gasteiger partial charge in [-0.25, -0.2) is 18.4 Å². The van der Waals surface area contributed by atoms with E-state index in [0.717, 1.165) is 33.2 Å². The summed E-state index contributed by atoms with van der Waals surface area (Å²) >= 11 is 6.26. The lowest BCUT2D eigenvalue weighted by Crippen LogP contribution is -2.28. The highest BCUT2D eigenvalue weighted by Gasteiger charge is 2.29. The number of nitrogens with one attached hydrogen (secondary N) is 1. The van der Waals surface area contributed by atoms with Gasteiger partial charge in [-0.3, -0.25) is 18.9 Å². The monoisotopic (exact) mass is 580 g/mol. The molecule has 5 heterocycles. The zero-order valence-electron chi connectivity index (χ0n) is 23.3. The maximum atomic E-state index is 13.7. The van der Waals surface area contributed by atoms with Crippen molar-refractivity contribution in [1.29, 1.82) is 0 Å². The number of anilines is 1. The van der Waals surface area contributed by atoms with Crippen LogP contribution in [0.4, 0.5) is 14.5 Å². The van der Waals surface area contributed by atoms with Gasteiger partial charge in [-0.15, -0.1) is 0 Å². The summed E-state index contributed by atoms with van der Waals surface area (Å²) < 4.78 is 31.2. The van der Waals surface area contributed by atoms with Crippen molar-refractivity contribution in [1.82, 2.24) is 34.0 Å². The minimum Gasteiger partial charge on any atom is -0.377 e. The Morgan fingerprint density at radius 1 is 1.15 bits per heavy atom. The molecule has 4 aromatic heterocycles. The summed E-state index contributed by atoms with van der Waals surface area (Å²) in [5.41, 5.74) is 4.76. The quantitative estimate of drug-likeness (QED) is 0.262. The molecule has 214 valence electrons. The molecule has 0 spiro atoms. The molecular formula is C29H31ClF2N8O. The zero-order valence-corrected chi connectivity index (χ0v) is 24.0. The Bertz CT molecular complexity index is 1830. The molecule has 0 aliphatic carbocycles. The van der Waals surface area contributed by atoms with Gasteiger partial charge in [0.05, 0.1) is 36.4 Å². The summed E-state index contributed by atoms with van der Waals surface area (Å²) in [4.78, 5) is 20.1. The van der Waals surface area contributed by atoms with E-state index >= 15 is 0 Å². The van der Waals surface area contributed by atoms with E-state index < -0.39 is 6.43 Å². The molecule has 0 bridgehead atoms. The highest BCUT2D eigenvalue weighted by Crippen LogP contribution is 2.36. The van der Waals surface area contributed by atoms with Gasteiger partial charge in [0.1, 0.15) is 10.8 Å². The Balaban J connectivity index is 1.46. The SMILES string of the molecule is Cc1cc(C(C)Nc2ccc(Cl)nc2-c2cnn(C)c2)c2c(c1)c(=O)n(C)c1c2cnn1C1CCN(CC(F)F)C1. The molecule has 0 radical (unpaired) electrons. The van der Waals surface area contributed by atoms with Gasteiger partial charge in [0.15, 0.2) is 0 Å². The van der Waals surface area contributed by atoms with E-state index in [1.54, 1.807) is 39.7 Å². The van der Waals surface area contributed by atoms with Crippen LogP contribution in [0.2, 0.25) is 5.15 Å². The molecule has 9 nitrogen and oxygen atoms in total. The topological polar surface area (TPSA) is 85.8 Å². The van der Waals surface area contributed by atoms with Crippen molar-refractivity contribution in [2.75, 3.05) is 25.0 Å². The standard InChI is InChI=1S/C29H31ClF2N8O/c1-16-9-20(17(2)35-23-5-6-24(30)36-27(23)18-11-33-37(3)13-18)26-21(10-16)29(41)38(4)28-22(26)12-34-40(28)19-7-8-39(14-19)15-25(31)32/h5-6,9-13,17,19,25,35H,7-8,14-15H2,1-4H3. The van der Waals surface area contributed by atoms with Crippen LogP contribution in [0.15, 0.2) is 47.7 Å². The molecule has 0 saturated carbocycles. The van der Waals surface area contributed by atoms with Crippen LogP contribution < -0.4 is 10.9 Å². The molecule has 12 heteroatoms. The molecule has 5 aromatic rings. The molecule has 41 heavy (non-hydrogen) atoms. The second-order valence-corrected chi connectivity index (χ2v) is 11.2. The van der Waals surface area contributed by atoms with Crippen molar-refractivity contribution in [3.63, 3.8) is 0 Å². The number of aryl methyl sites for hydroxylation is 3. The van der Waals surface area contributed by atoms with E-state index in [9.17, 15) is 13.6 Å². The minimum atomic E-state index is -2.38. The molecule has 2 unspecified atom stereocenters. The van der Waals surface area contributed by atoms with Gasteiger partial charge in [-0.1, -0.05) is 17.7 Å². The molecule has 2 atom stereocenters. The van der Waals surface area contributed by atoms with Crippen molar-refractivity contribution in [3.8, 4) is 11.3 Å². The highest BCUT2D eigenvalue weighted by molar-refractivity contribution is 6.29. The summed E-state index contributed by atoms with van der Waals surface area (Å²) in [6.45, 7) is 4.79. The van der Waals surface area contributed by atoms with E-state index in [2.05, 4.69) is 21.5 Å². The Hall–Kier alpha value is -3.83. The number of likely N-dealkylation sites (tertiary alicyclic amines) is 1. The lowest BCUT2D eigenvalue weighted by Gasteiger charge is -2.21. The lowest BCUT2D eigenvalue weighted by atomic mass is 9.95. The number of halogens is 3. The van der Waals surface area contributed by atoms with Crippen LogP contribution in [0.5, 0.6) is 0 Å². The van der Waals surface area contributed by atoms with Crippen LogP contribution in [0.1, 0.15) is 36.6 Å². The fourth-order valence-corrected chi connectivity index (χ4v) is 6.18. The smallest absolute Gasteiger partial charge is 0.259 e. The number of hydrogen-bond acceptors (Lipinski definition) is 6. The average molecular weight is 581 g/mol. The van der Waals surface area contributed by atoms with Gasteiger partial charge in [0, 0.05) is 61.1 Å². The first-order valence-corrected chi connectivity index (χ1v) is 13.9. The molecule has 1 fully saturated rings. The van der Waals surface area contributed by atoms with Crippen molar-refractivity contribution >= 4 is 39.1 Å². The number of pyridine rings is 2. The summed E-state index contributed by atoms with van der Waals surface area (Å²) in [6.07, 6.45) is 3.72. The van der Waals surface area contributed by atoms with Gasteiger partial charge in [-0.05, 0) is 49.6 Å². The molecule has 0 amide bonds. The van der Waals surface area contributed by atoms with Crippen molar-refractivity contribution in [2.24, 2.45) is 14.1 Å². The van der Waals surface area contributed by atoms with Gasteiger partial charge in [-0.2, -0.15) is 10.2 Å². The average Bonchev–Trinajstić information content (AvgIpc) is 3.67. The number of aromatic nitrogens is 6. The predicted octanol–water partition coefficient (Wildman–Crippen LogP) is 5.33. The first-order chi connectivity index (χ1) is 19.6. The van der Waals surface area contributed by atoms with Gasteiger partial charge < -0.3 is 5.32 Å². The first kappa shape index (κ1) is 27.3. The zero-order chi connectivity index (χ0) is 29.0. The van der Waals surface area contributed by atoms with E-state index in [4.69, 9.17) is 16.7 Å². The highest BCUT2D eigenvalue weighted by atomic mass is 35.5. The van der Waals surface area contributed by atoms with Crippen LogP contribution in [0.25, 0.3) is 33.1 Å². The summed E-state index contributed by atoms with van der Waals surface area (Å²) in [6, 6.07) is 7.31. The molecular weight excluding hydrogens is 550 g/mol. The van der Waals surface area contributed by atoms with Gasteiger partial charge >= 0.3 is 0 Å². The van der Waals surface area contributed by atoms with Crippen molar-refractivity contribution in [3.05, 3.63) is 69.5 Å². The second kappa shape index (κ2) is 10.5. The van der Waals surface area contributed by atoms with Gasteiger partial charge in [0.2, 0.25) is 0 Å². The second-order valence-electron chi connectivity index (χ2n) is 10.9. The number of benzene rings is 1. The molecule has 6 rings (SSSR count). The maximum Gasteiger partial charge on any atom is 0.259 e. The Labute approximate surface area is 240 Å². The third kappa shape index (κ3) is 4.97. The van der Waals surface area contributed by atoms with Crippen LogP contribution in [-0.2, 0) is 14.1 Å². The number of alkyl halides is 2. The first-order valence-electron chi connectivity index (χ1n) is 13.5. The fourth-order valence-electron chi connectivity index (χ4n) is 6.03. The van der Waals surface area contributed by atoms with E-state index in [1.807, 2.05) is 43.9 Å². The van der Waals surface area contributed by atoms with Crippen molar-refractivity contribution < 1.29 is 8.78 Å². The third-order valence-electron chi connectivity index (χ3n) is 7.87. The Kier molecular flexibility index (Phi) is 7.03. The molecule has 1 aromatic carbocycles. The number of nitrogens with zero attached hydrogens (tertiary/aromatic N) is 7. The van der Waals surface area contributed by atoms with Crippen LogP contribution >= 0.6 is 11.6 Å². The fraction of sp³-hybridized carbons (Fsp3) is 0.379. The van der Waals surface area contributed by atoms with Gasteiger partial charge in [0.25, 0.3) is 12.0 Å². The number of hydrogen-bond donors (Lipinski definition) is 1. The largest absolute Gasteiger partial charge is 0.377 e. The number of fused-ring (bicyclic) bond motifs is 3. The van der Waals surface area contributed by atoms with E-state index in [-0.39, 0.29) is 24.2 Å². The van der Waals surface area contributed by atoms with Crippen LogP contribution in [0, 0.1) is 6.92 Å². The lowest BCUT2D eigenvalue weighted by molar-refractivity contribution is 0.0979. The molecule has 1 N–H and O–H groups in total. The molecule has 1 aliphatic heterocycles. The van der Waals surface area contributed by atoms with E-state index in [1.165, 1.54) is 0 Å². The summed E-state index contributed by atoms with van der Waals surface area (Å²) in [7, 11) is 3.59. The van der Waals surface area contributed by atoms with Crippen LogP contribution in [-0.4, -0.2) is 60.1 Å². The summed E-state index contributed by atoms with van der Waals surface area (Å²) in [5.74, 6) is 0.